The molecule has 2 heterocycles. The molecule has 3 aromatic carbocycles. The van der Waals surface area contributed by atoms with Gasteiger partial charge in [0.15, 0.2) is 0 Å². The summed E-state index contributed by atoms with van der Waals surface area (Å²) in [4.78, 5) is 17.6. The van der Waals surface area contributed by atoms with E-state index in [2.05, 4.69) is 41.8 Å². The van der Waals surface area contributed by atoms with Crippen molar-refractivity contribution >= 4 is 16.7 Å². The predicted molar refractivity (Wildman–Crippen MR) is 150 cm³/mol. The molecule has 1 fully saturated rings. The van der Waals surface area contributed by atoms with Gasteiger partial charge in [-0.05, 0) is 67.8 Å². The number of β-amino-alcohol motifs (C(OH)–C–C–N with tert-alkyl or cyclic N) is 1. The smallest absolute Gasteiger partial charge is 0.235 e. The quantitative estimate of drug-likeness (QED) is 0.352. The summed E-state index contributed by atoms with van der Waals surface area (Å²) < 4.78 is 17.3. The Morgan fingerprint density at radius 3 is 2.53 bits per heavy atom. The number of piperazine rings is 1. The number of hydrogen-bond donors (Lipinski definition) is 1. The first kappa shape index (κ1) is 25.8. The Bertz CT molecular complexity index is 1470. The lowest BCUT2D eigenvalue weighted by atomic mass is 10.1. The number of aliphatic hydroxyl groups excluding tert-OH is 1. The molecule has 7 heteroatoms. The normalized spacial score (nSPS) is 15.0. The van der Waals surface area contributed by atoms with Crippen molar-refractivity contribution in [2.45, 2.75) is 26.9 Å². The van der Waals surface area contributed by atoms with Gasteiger partial charge in [-0.15, -0.1) is 0 Å². The molecule has 1 aromatic heterocycles. The summed E-state index contributed by atoms with van der Waals surface area (Å²) in [6.07, 6.45) is 0.693. The molecule has 1 aliphatic heterocycles. The maximum absolute atomic E-state index is 12.9. The van der Waals surface area contributed by atoms with Crippen LogP contribution in [-0.4, -0.2) is 55.4 Å². The number of rotatable bonds is 8. The second-order valence-electron chi connectivity index (χ2n) is 9.98. The van der Waals surface area contributed by atoms with E-state index >= 15 is 0 Å². The van der Waals surface area contributed by atoms with Gasteiger partial charge in [0.05, 0.1) is 5.39 Å². The van der Waals surface area contributed by atoms with Gasteiger partial charge < -0.3 is 23.9 Å². The summed E-state index contributed by atoms with van der Waals surface area (Å²) in [5.41, 5.74) is 5.12. The molecule has 198 valence electrons. The van der Waals surface area contributed by atoms with Crippen LogP contribution >= 0.6 is 0 Å². The van der Waals surface area contributed by atoms with E-state index in [1.807, 2.05) is 25.1 Å². The fourth-order valence-electron chi connectivity index (χ4n) is 4.85. The Morgan fingerprint density at radius 2 is 1.74 bits per heavy atom. The van der Waals surface area contributed by atoms with E-state index in [1.165, 1.54) is 23.1 Å². The Labute approximate surface area is 222 Å². The zero-order valence-electron chi connectivity index (χ0n) is 22.1. The number of fused-ring (bicyclic) bond motifs is 1. The molecule has 0 saturated carbocycles. The van der Waals surface area contributed by atoms with Gasteiger partial charge in [-0.1, -0.05) is 24.3 Å². The van der Waals surface area contributed by atoms with Crippen molar-refractivity contribution < 1.29 is 19.0 Å². The summed E-state index contributed by atoms with van der Waals surface area (Å²) in [7, 11) is 0. The van der Waals surface area contributed by atoms with Crippen LogP contribution in [0.15, 0.2) is 76.1 Å². The average Bonchev–Trinajstić information content (AvgIpc) is 2.91. The average molecular weight is 515 g/mol. The van der Waals surface area contributed by atoms with Crippen LogP contribution in [0, 0.1) is 20.8 Å². The SMILES string of the molecule is Cc1cccc(Oc2coc3cc(OC[C@@H](O)CN4CCN(c5cccc(C)c5C)CC4)ccc3c2=O)c1. The van der Waals surface area contributed by atoms with Crippen LogP contribution in [0.3, 0.4) is 0 Å². The van der Waals surface area contributed by atoms with Crippen molar-refractivity contribution in [3.8, 4) is 17.2 Å². The Morgan fingerprint density at radius 1 is 0.947 bits per heavy atom. The molecule has 0 radical (unpaired) electrons. The second kappa shape index (κ2) is 11.3. The van der Waals surface area contributed by atoms with Gasteiger partial charge in [0.25, 0.3) is 0 Å². The summed E-state index contributed by atoms with van der Waals surface area (Å²) in [5.74, 6) is 1.24. The molecule has 1 aliphatic rings. The summed E-state index contributed by atoms with van der Waals surface area (Å²) in [5, 5.41) is 11.0. The number of aliphatic hydroxyl groups is 1. The topological polar surface area (TPSA) is 75.4 Å². The maximum atomic E-state index is 12.9. The van der Waals surface area contributed by atoms with Gasteiger partial charge >= 0.3 is 0 Å². The van der Waals surface area contributed by atoms with Gasteiger partial charge in [0.1, 0.15) is 36.1 Å². The molecule has 0 spiro atoms. The van der Waals surface area contributed by atoms with E-state index < -0.39 is 6.10 Å². The Balaban J connectivity index is 1.14. The third-order valence-corrected chi connectivity index (χ3v) is 7.13. The maximum Gasteiger partial charge on any atom is 0.235 e. The van der Waals surface area contributed by atoms with E-state index in [9.17, 15) is 9.90 Å². The van der Waals surface area contributed by atoms with Crippen LogP contribution in [-0.2, 0) is 0 Å². The molecule has 0 aliphatic carbocycles. The van der Waals surface area contributed by atoms with Crippen molar-refractivity contribution in [3.05, 3.63) is 93.8 Å². The van der Waals surface area contributed by atoms with Crippen LogP contribution < -0.4 is 19.8 Å². The fourth-order valence-corrected chi connectivity index (χ4v) is 4.85. The molecule has 7 nitrogen and oxygen atoms in total. The lowest BCUT2D eigenvalue weighted by Gasteiger charge is -2.37. The molecule has 38 heavy (non-hydrogen) atoms. The lowest BCUT2D eigenvalue weighted by molar-refractivity contribution is 0.0663. The number of ether oxygens (including phenoxy) is 2. The lowest BCUT2D eigenvalue weighted by Crippen LogP contribution is -2.49. The molecule has 1 N–H and O–H groups in total. The first-order valence-corrected chi connectivity index (χ1v) is 13.0. The number of hydrogen-bond acceptors (Lipinski definition) is 7. The van der Waals surface area contributed by atoms with Gasteiger partial charge in [0.2, 0.25) is 11.2 Å². The highest BCUT2D eigenvalue weighted by Gasteiger charge is 2.21. The molecule has 4 aromatic rings. The minimum atomic E-state index is -0.630. The van der Waals surface area contributed by atoms with E-state index in [1.54, 1.807) is 24.3 Å². The zero-order valence-corrected chi connectivity index (χ0v) is 22.1. The number of aryl methyl sites for hydroxylation is 2. The van der Waals surface area contributed by atoms with Gasteiger partial charge in [-0.25, -0.2) is 0 Å². The first-order valence-electron chi connectivity index (χ1n) is 13.0. The fraction of sp³-hybridized carbons (Fsp3) is 0.323. The molecular formula is C31H34N2O5. The molecule has 0 bridgehead atoms. The number of benzene rings is 3. The van der Waals surface area contributed by atoms with Crippen LogP contribution in [0.2, 0.25) is 0 Å². The van der Waals surface area contributed by atoms with Crippen LogP contribution in [0.4, 0.5) is 5.69 Å². The van der Waals surface area contributed by atoms with Gasteiger partial charge in [0, 0.05) is 44.5 Å². The second-order valence-corrected chi connectivity index (χ2v) is 9.98. The summed E-state index contributed by atoms with van der Waals surface area (Å²) in [6, 6.07) is 19.0. The van der Waals surface area contributed by atoms with Crippen LogP contribution in [0.1, 0.15) is 16.7 Å². The summed E-state index contributed by atoms with van der Waals surface area (Å²) >= 11 is 0. The molecule has 0 amide bonds. The van der Waals surface area contributed by atoms with Crippen LogP contribution in [0.25, 0.3) is 11.0 Å². The minimum absolute atomic E-state index is 0.129. The van der Waals surface area contributed by atoms with E-state index in [0.29, 0.717) is 29.0 Å². The highest BCUT2D eigenvalue weighted by molar-refractivity contribution is 5.79. The Kier molecular flexibility index (Phi) is 7.67. The van der Waals surface area contributed by atoms with E-state index in [-0.39, 0.29) is 17.8 Å². The molecule has 0 unspecified atom stereocenters. The largest absolute Gasteiger partial charge is 0.491 e. The third-order valence-electron chi connectivity index (χ3n) is 7.13. The summed E-state index contributed by atoms with van der Waals surface area (Å²) in [6.45, 7) is 10.6. The number of anilines is 1. The van der Waals surface area contributed by atoms with E-state index in [4.69, 9.17) is 13.9 Å². The predicted octanol–water partition coefficient (Wildman–Crippen LogP) is 5.07. The Hall–Kier alpha value is -3.81. The van der Waals surface area contributed by atoms with Crippen molar-refractivity contribution in [1.29, 1.82) is 0 Å². The van der Waals surface area contributed by atoms with Crippen molar-refractivity contribution in [2.24, 2.45) is 0 Å². The van der Waals surface area contributed by atoms with Gasteiger partial charge in [-0.2, -0.15) is 0 Å². The molecule has 1 saturated heterocycles. The van der Waals surface area contributed by atoms with Crippen LogP contribution in [0.5, 0.6) is 17.2 Å². The zero-order chi connectivity index (χ0) is 26.6. The molecule has 5 rings (SSSR count). The number of nitrogens with zero attached hydrogens (tertiary/aromatic N) is 2. The van der Waals surface area contributed by atoms with Crippen molar-refractivity contribution in [3.63, 3.8) is 0 Å². The minimum Gasteiger partial charge on any atom is -0.491 e. The molecule has 1 atom stereocenters. The highest BCUT2D eigenvalue weighted by Crippen LogP contribution is 2.26. The molecular weight excluding hydrogens is 480 g/mol. The standard InChI is InChI=1S/C31H34N2O5/c1-21-6-4-8-26(16-21)38-30-20-37-29-17-25(10-11-27(29)31(30)35)36-19-24(34)18-32-12-14-33(15-13-32)28-9-5-7-22(2)23(28)3/h4-11,16-17,20,24,34H,12-15,18-19H2,1-3H3/t24-/m0/s1. The monoisotopic (exact) mass is 514 g/mol. The van der Waals surface area contributed by atoms with Gasteiger partial charge in [-0.3, -0.25) is 9.69 Å². The third kappa shape index (κ3) is 5.85. The first-order chi connectivity index (χ1) is 18.4. The van der Waals surface area contributed by atoms with E-state index in [0.717, 1.165) is 31.7 Å². The van der Waals surface area contributed by atoms with Crippen molar-refractivity contribution in [2.75, 3.05) is 44.2 Å². The van der Waals surface area contributed by atoms with Crippen molar-refractivity contribution in [1.82, 2.24) is 4.90 Å². The highest BCUT2D eigenvalue weighted by atomic mass is 16.5.